The number of carbonyl (C=O) groups is 4. The largest absolute Gasteiger partial charge is 0.777 e. The predicted molar refractivity (Wildman–Crippen MR) is 140 cm³/mol. The first-order valence-electron chi connectivity index (χ1n) is 13.3. The molecule has 18 heteroatoms. The maximum absolute atomic E-state index is 12.8. The molecule has 1 saturated heterocycles. The van der Waals surface area contributed by atoms with Crippen LogP contribution in [0.4, 0.5) is 0 Å². The summed E-state index contributed by atoms with van der Waals surface area (Å²) in [5, 5.41) is 16.3. The summed E-state index contributed by atoms with van der Waals surface area (Å²) in [4.78, 5) is 76.8. The van der Waals surface area contributed by atoms with Gasteiger partial charge in [-0.05, 0) is 31.2 Å². The first-order valence-corrected chi connectivity index (χ1v) is 14.9. The number of aliphatic carboxylic acids is 1. The molecule has 1 aliphatic heterocycles. The average Bonchev–Trinajstić information content (AvgIpc) is 3.61. The summed E-state index contributed by atoms with van der Waals surface area (Å²) < 4.78 is 23.2. The van der Waals surface area contributed by atoms with Crippen LogP contribution in [0.2, 0.25) is 0 Å². The van der Waals surface area contributed by atoms with Gasteiger partial charge in [-0.1, -0.05) is 13.8 Å². The molecule has 16 nitrogen and oxygen atoms in total. The van der Waals surface area contributed by atoms with Crippen molar-refractivity contribution < 1.29 is 52.9 Å². The van der Waals surface area contributed by atoms with E-state index >= 15 is 0 Å². The minimum absolute atomic E-state index is 0.115. The van der Waals surface area contributed by atoms with Crippen molar-refractivity contribution in [2.24, 2.45) is 11.8 Å². The molecular formula is C23H36BN6O10P. The Hall–Kier alpha value is -2.95. The third-order valence-corrected chi connectivity index (χ3v) is 8.00. The number of carboxylic acid groups (broad SMARTS) is 1. The zero-order chi connectivity index (χ0) is 30.2. The molecular weight excluding hydrogens is 562 g/mol. The first-order chi connectivity index (χ1) is 19.3. The van der Waals surface area contributed by atoms with E-state index in [0.29, 0.717) is 32.5 Å². The highest BCUT2D eigenvalue weighted by molar-refractivity contribution is 7.52. The van der Waals surface area contributed by atoms with Gasteiger partial charge in [-0.2, -0.15) is 0 Å². The third kappa shape index (κ3) is 9.28. The van der Waals surface area contributed by atoms with Crippen molar-refractivity contribution in [2.75, 3.05) is 39.4 Å². The lowest BCUT2D eigenvalue weighted by Crippen LogP contribution is -2.57. The van der Waals surface area contributed by atoms with Crippen LogP contribution in [-0.2, 0) is 28.3 Å². The lowest BCUT2D eigenvalue weighted by molar-refractivity contribution is -0.379. The second-order valence-electron chi connectivity index (χ2n) is 10.4. The van der Waals surface area contributed by atoms with Crippen molar-refractivity contribution in [2.45, 2.75) is 44.3 Å². The zero-order valence-corrected chi connectivity index (χ0v) is 23.8. The predicted octanol–water partition coefficient (Wildman–Crippen LogP) is -2.61. The topological polar surface area (TPSA) is 234 Å². The number of nitrogens with zero attached hydrogens (tertiary/aromatic N) is 2. The number of hydrogen-bond donors (Lipinski definition) is 5. The van der Waals surface area contributed by atoms with Crippen LogP contribution < -0.4 is 25.8 Å². The van der Waals surface area contributed by atoms with Gasteiger partial charge in [0.1, 0.15) is 0 Å². The van der Waals surface area contributed by atoms with Crippen LogP contribution in [0.5, 0.6) is 0 Å². The van der Waals surface area contributed by atoms with E-state index in [0.717, 1.165) is 0 Å². The van der Waals surface area contributed by atoms with Gasteiger partial charge in [0.2, 0.25) is 11.8 Å². The lowest BCUT2D eigenvalue weighted by Gasteiger charge is -2.32. The molecule has 41 heavy (non-hydrogen) atoms. The minimum atomic E-state index is -5.28. The monoisotopic (exact) mass is 598 g/mol. The van der Waals surface area contributed by atoms with E-state index in [-0.39, 0.29) is 49.6 Å². The molecule has 1 aliphatic carbocycles. The Labute approximate surface area is 237 Å². The molecule has 0 bridgehead atoms. The Morgan fingerprint density at radius 2 is 1.95 bits per heavy atom. The number of amides is 3. The SMILES string of the molecule is CC(C)[C@@H]1C[C@@]1(NC(=O)CNC(=O)c1c[nH+]ccn1)B1OCCN(CCCC(=O)NC(C(=O)O)P(=O)([O-])O)CCO1. The Morgan fingerprint density at radius 1 is 1.27 bits per heavy atom. The standard InChI is InChI=1S/C23H36BN6O10P/c1-15(2)16-12-23(16,29-19(32)14-27-20(33)17-13-25-5-6-26-17)24-39-10-8-30(9-11-40-24)7-3-4-18(31)28-21(22(34)35)41(36,37)38/h5-6,13,15-16,21H,3-4,7-12,14H2,1-2H3,(H,27,33)(H,28,31)(H,29,32)(H,34,35)(H2,36,37,38)/t16-,21?,23-/m0/s1. The van der Waals surface area contributed by atoms with Crippen LogP contribution >= 0.6 is 7.60 Å². The highest BCUT2D eigenvalue weighted by Crippen LogP contribution is 2.50. The normalized spacial score (nSPS) is 23.4. The van der Waals surface area contributed by atoms with Crippen LogP contribution in [0.3, 0.4) is 0 Å². The van der Waals surface area contributed by atoms with Crippen molar-refractivity contribution >= 4 is 38.4 Å². The smallest absolute Gasteiger partial charge is 0.484 e. The van der Waals surface area contributed by atoms with Crippen molar-refractivity contribution in [3.05, 3.63) is 24.3 Å². The van der Waals surface area contributed by atoms with Crippen molar-refractivity contribution in [3.8, 4) is 0 Å². The summed E-state index contributed by atoms with van der Waals surface area (Å²) in [6, 6.07) is 0. The molecule has 4 atom stereocenters. The maximum Gasteiger partial charge on any atom is 0.484 e. The Balaban J connectivity index is 1.46. The van der Waals surface area contributed by atoms with Gasteiger partial charge >= 0.3 is 13.1 Å². The van der Waals surface area contributed by atoms with Gasteiger partial charge in [0, 0.05) is 32.7 Å². The van der Waals surface area contributed by atoms with E-state index in [4.69, 9.17) is 19.3 Å². The van der Waals surface area contributed by atoms with Crippen LogP contribution in [0, 0.1) is 11.8 Å². The Kier molecular flexibility index (Phi) is 11.4. The molecule has 2 heterocycles. The number of hydrogen-bond acceptors (Lipinski definition) is 10. The van der Waals surface area contributed by atoms with E-state index < -0.39 is 43.7 Å². The third-order valence-electron chi connectivity index (χ3n) is 6.99. The lowest BCUT2D eigenvalue weighted by atomic mass is 9.71. The first kappa shape index (κ1) is 32.6. The van der Waals surface area contributed by atoms with Gasteiger partial charge in [0.05, 0.1) is 18.2 Å². The molecule has 6 N–H and O–H groups in total. The van der Waals surface area contributed by atoms with E-state index in [1.165, 1.54) is 12.4 Å². The average molecular weight is 598 g/mol. The molecule has 0 spiro atoms. The van der Waals surface area contributed by atoms with Crippen molar-refractivity contribution in [3.63, 3.8) is 0 Å². The second-order valence-corrected chi connectivity index (χ2v) is 12.0. The second kappa shape index (κ2) is 14.3. The number of carboxylic acids is 1. The molecule has 3 rings (SSSR count). The Bertz CT molecular complexity index is 1130. The van der Waals surface area contributed by atoms with Crippen LogP contribution in [-0.4, -0.2) is 101 Å². The van der Waals surface area contributed by atoms with Gasteiger partial charge in [0.25, 0.3) is 5.91 Å². The molecule has 226 valence electrons. The van der Waals surface area contributed by atoms with Gasteiger partial charge in [0.15, 0.2) is 31.5 Å². The summed E-state index contributed by atoms with van der Waals surface area (Å²) in [6.07, 6.45) is 5.24. The van der Waals surface area contributed by atoms with Gasteiger partial charge in [-0.15, -0.1) is 0 Å². The van der Waals surface area contributed by atoms with Crippen LogP contribution in [0.25, 0.3) is 0 Å². The zero-order valence-electron chi connectivity index (χ0n) is 22.9. The van der Waals surface area contributed by atoms with Crippen molar-refractivity contribution in [1.82, 2.24) is 25.8 Å². The van der Waals surface area contributed by atoms with Crippen molar-refractivity contribution in [1.29, 1.82) is 0 Å². The molecule has 1 aromatic heterocycles. The fourth-order valence-electron chi connectivity index (χ4n) is 4.84. The number of rotatable bonds is 13. The molecule has 2 fully saturated rings. The van der Waals surface area contributed by atoms with Gasteiger partial charge < -0.3 is 44.7 Å². The van der Waals surface area contributed by atoms with E-state index in [1.54, 1.807) is 11.5 Å². The summed E-state index contributed by atoms with van der Waals surface area (Å²) >= 11 is 0. The molecule has 1 saturated carbocycles. The molecule has 0 radical (unpaired) electrons. The van der Waals surface area contributed by atoms with E-state index in [9.17, 15) is 28.6 Å². The summed E-state index contributed by atoms with van der Waals surface area (Å²) in [7, 11) is -5.98. The van der Waals surface area contributed by atoms with Crippen LogP contribution in [0.1, 0.15) is 43.6 Å². The van der Waals surface area contributed by atoms with Crippen LogP contribution in [0.15, 0.2) is 18.6 Å². The van der Waals surface area contributed by atoms with E-state index in [2.05, 4.69) is 20.6 Å². The summed E-state index contributed by atoms with van der Waals surface area (Å²) in [5.74, 6) is -5.59. The molecule has 0 aromatic carbocycles. The maximum atomic E-state index is 12.8. The molecule has 2 unspecified atom stereocenters. The summed E-state index contributed by atoms with van der Waals surface area (Å²) in [5.41, 5.74) is -0.579. The summed E-state index contributed by atoms with van der Waals surface area (Å²) in [6.45, 7) is 5.84. The highest BCUT2D eigenvalue weighted by atomic mass is 31.2. The fourth-order valence-corrected chi connectivity index (χ4v) is 5.43. The molecule has 2 aliphatic rings. The number of aromatic nitrogens is 2. The minimum Gasteiger partial charge on any atom is -0.777 e. The highest BCUT2D eigenvalue weighted by Gasteiger charge is 2.66. The van der Waals surface area contributed by atoms with Gasteiger partial charge in [-0.3, -0.25) is 19.3 Å². The fraction of sp³-hybridized carbons (Fsp3) is 0.652. The molecule has 3 amide bonds. The van der Waals surface area contributed by atoms with Gasteiger partial charge in [-0.25, -0.2) is 14.8 Å². The number of aromatic amines is 1. The Morgan fingerprint density at radius 3 is 2.49 bits per heavy atom. The number of nitrogens with one attached hydrogen (secondary N) is 4. The molecule has 1 aromatic rings. The number of H-pyrrole nitrogens is 1. The van der Waals surface area contributed by atoms with E-state index in [1.807, 2.05) is 18.7 Å². The quantitative estimate of drug-likeness (QED) is 0.116. The number of carbonyl (C=O) groups excluding carboxylic acids is 3.